The number of nitrogens with zero attached hydrogens (tertiary/aromatic N) is 3. The molecule has 236 valence electrons. The van der Waals surface area contributed by atoms with Crippen molar-refractivity contribution in [2.24, 2.45) is 5.41 Å². The van der Waals surface area contributed by atoms with Gasteiger partial charge < -0.3 is 23.5 Å². The first-order valence-electron chi connectivity index (χ1n) is 15.3. The Labute approximate surface area is 261 Å². The average Bonchev–Trinajstić information content (AvgIpc) is 3.29. The van der Waals surface area contributed by atoms with Gasteiger partial charge in [-0.25, -0.2) is 9.97 Å². The van der Waals surface area contributed by atoms with Crippen molar-refractivity contribution >= 4 is 27.5 Å². The smallest absolute Gasteiger partial charge is 0.203 e. The zero-order chi connectivity index (χ0) is 32.5. The van der Waals surface area contributed by atoms with E-state index in [0.29, 0.717) is 46.0 Å². The summed E-state index contributed by atoms with van der Waals surface area (Å²) in [6.07, 6.45) is 3.80. The monoisotopic (exact) mass is 623 g/mol. The van der Waals surface area contributed by atoms with Gasteiger partial charge in [0, 0.05) is 29.2 Å². The van der Waals surface area contributed by atoms with Crippen molar-refractivity contribution < 1.29 is 19.3 Å². The zero-order valence-electron chi connectivity index (χ0n) is 28.8. The number of hydrogen-bond acceptors (Lipinski definition) is 6. The summed E-state index contributed by atoms with van der Waals surface area (Å²) in [4.78, 5) is 10.3. The van der Waals surface area contributed by atoms with Crippen LogP contribution in [0.4, 0.5) is 0 Å². The molecule has 1 N–H and O–H groups in total. The molecule has 43 heavy (non-hydrogen) atoms. The molecule has 7 nitrogen and oxygen atoms in total. The summed E-state index contributed by atoms with van der Waals surface area (Å²) in [6.45, 7) is 24.9. The number of ether oxygens (including phenoxy) is 3. The zero-order valence-corrected chi connectivity index (χ0v) is 30.8. The van der Waals surface area contributed by atoms with Gasteiger partial charge in [-0.15, -0.1) is 11.5 Å². The quantitative estimate of drug-likeness (QED) is 0.170. The first-order valence-corrected chi connectivity index (χ1v) is 21.0. The van der Waals surface area contributed by atoms with Gasteiger partial charge in [-0.05, 0) is 28.8 Å². The Morgan fingerprint density at radius 2 is 1.44 bits per heavy atom. The topological polar surface area (TPSA) is 78.6 Å². The number of fused-ring (bicyclic) bond motifs is 1. The van der Waals surface area contributed by atoms with Crippen molar-refractivity contribution in [1.82, 2.24) is 14.2 Å². The molecule has 1 atom stereocenters. The molecule has 0 spiro atoms. The van der Waals surface area contributed by atoms with Crippen LogP contribution in [0.1, 0.15) is 73.5 Å². The molecule has 1 unspecified atom stereocenters. The molecule has 2 aromatic heterocycles. The van der Waals surface area contributed by atoms with E-state index in [1.165, 1.54) is 0 Å². The second-order valence-corrected chi connectivity index (χ2v) is 24.7. The highest BCUT2D eigenvalue weighted by molar-refractivity contribution is 6.84. The van der Waals surface area contributed by atoms with Crippen LogP contribution in [0, 0.1) is 16.9 Å². The number of aromatic nitrogens is 3. The fraction of sp³-hybridized carbons (Fsp3) is 0.588. The van der Waals surface area contributed by atoms with Crippen molar-refractivity contribution in [3.05, 3.63) is 30.1 Å². The van der Waals surface area contributed by atoms with Crippen LogP contribution in [0.25, 0.3) is 22.4 Å². The largest absolute Gasteiger partial charge is 0.493 e. The van der Waals surface area contributed by atoms with Crippen LogP contribution < -0.4 is 14.2 Å². The van der Waals surface area contributed by atoms with Gasteiger partial charge in [0.05, 0.1) is 39.3 Å². The molecule has 0 aliphatic heterocycles. The van der Waals surface area contributed by atoms with Crippen LogP contribution in [0.5, 0.6) is 17.2 Å². The van der Waals surface area contributed by atoms with Crippen molar-refractivity contribution in [1.29, 1.82) is 0 Å². The van der Waals surface area contributed by atoms with Gasteiger partial charge in [-0.3, -0.25) is 0 Å². The van der Waals surface area contributed by atoms with Gasteiger partial charge in [0.1, 0.15) is 13.6 Å². The van der Waals surface area contributed by atoms with E-state index >= 15 is 0 Å². The van der Waals surface area contributed by atoms with Crippen LogP contribution in [0.3, 0.4) is 0 Å². The number of rotatable bonds is 11. The van der Waals surface area contributed by atoms with Crippen LogP contribution in [0.2, 0.25) is 36.3 Å². The average molecular weight is 624 g/mol. The Morgan fingerprint density at radius 3 is 1.88 bits per heavy atom. The van der Waals surface area contributed by atoms with E-state index in [1.54, 1.807) is 21.3 Å². The van der Waals surface area contributed by atoms with Crippen LogP contribution in [-0.2, 0) is 0 Å². The molecule has 0 amide bonds. The third kappa shape index (κ3) is 6.67. The Bertz CT molecular complexity index is 1450. The highest BCUT2D eigenvalue weighted by Crippen LogP contribution is 2.47. The molecule has 0 fully saturated rings. The van der Waals surface area contributed by atoms with Gasteiger partial charge in [-0.2, -0.15) is 0 Å². The number of hydrogen-bond donors (Lipinski definition) is 1. The van der Waals surface area contributed by atoms with Crippen LogP contribution >= 0.6 is 0 Å². The molecule has 0 aliphatic rings. The predicted molar refractivity (Wildman–Crippen MR) is 184 cm³/mol. The van der Waals surface area contributed by atoms with E-state index in [1.807, 2.05) is 18.3 Å². The molecule has 0 saturated carbocycles. The van der Waals surface area contributed by atoms with Crippen molar-refractivity contribution in [2.45, 2.75) is 104 Å². The van der Waals surface area contributed by atoms with Gasteiger partial charge >= 0.3 is 0 Å². The number of methoxy groups -OCH3 is 3. The highest BCUT2D eigenvalue weighted by Gasteiger charge is 2.47. The first kappa shape index (κ1) is 34.7. The molecule has 2 heterocycles. The normalized spacial score (nSPS) is 13.4. The Morgan fingerprint density at radius 1 is 0.907 bits per heavy atom. The van der Waals surface area contributed by atoms with Crippen molar-refractivity contribution in [2.75, 3.05) is 21.3 Å². The van der Waals surface area contributed by atoms with Crippen LogP contribution in [0.15, 0.2) is 24.5 Å². The second kappa shape index (κ2) is 13.0. The summed E-state index contributed by atoms with van der Waals surface area (Å²) in [5.41, 5.74) is 8.13. The molecule has 0 bridgehead atoms. The van der Waals surface area contributed by atoms with E-state index in [2.05, 4.69) is 96.9 Å². The maximum atomic E-state index is 12.1. The van der Waals surface area contributed by atoms with Gasteiger partial charge in [0.15, 0.2) is 25.4 Å². The van der Waals surface area contributed by atoms with Gasteiger partial charge in [0.25, 0.3) is 0 Å². The molecule has 9 heteroatoms. The fourth-order valence-electron chi connectivity index (χ4n) is 6.77. The summed E-state index contributed by atoms with van der Waals surface area (Å²) in [7, 11) is 1.04. The standard InChI is InChI=1S/C34H53N3O4Si2/c1-22(2)43(23(3)4,24(5)6)37-21-26(32(38)34(7,8)16-15-17-42(12,13)14)30-33(37)35-20-27(36-30)25-18-28(39-9)31(41-11)29(19-25)40-10/h18-24,32,38H,16H2,1-14H3. The Kier molecular flexibility index (Phi) is 10.5. The summed E-state index contributed by atoms with van der Waals surface area (Å²) in [5.74, 6) is 5.02. The van der Waals surface area contributed by atoms with Gasteiger partial charge in [0.2, 0.25) is 5.75 Å². The molecular formula is C34H53N3O4Si2. The van der Waals surface area contributed by atoms with E-state index in [-0.39, 0.29) is 0 Å². The number of benzene rings is 1. The lowest BCUT2D eigenvalue weighted by atomic mass is 9.80. The summed E-state index contributed by atoms with van der Waals surface area (Å²) in [5, 5.41) is 12.1. The molecule has 0 aliphatic carbocycles. The van der Waals surface area contributed by atoms with E-state index < -0.39 is 27.8 Å². The molecule has 0 radical (unpaired) electrons. The van der Waals surface area contributed by atoms with Crippen molar-refractivity contribution in [3.8, 4) is 40.0 Å². The summed E-state index contributed by atoms with van der Waals surface area (Å²) < 4.78 is 19.2. The van der Waals surface area contributed by atoms with E-state index in [0.717, 1.165) is 22.3 Å². The Hall–Kier alpha value is -2.81. The van der Waals surface area contributed by atoms with Gasteiger partial charge in [-0.1, -0.05) is 75.0 Å². The lowest BCUT2D eigenvalue weighted by Crippen LogP contribution is -2.51. The lowest BCUT2D eigenvalue weighted by molar-refractivity contribution is 0.0539. The summed E-state index contributed by atoms with van der Waals surface area (Å²) >= 11 is 0. The lowest BCUT2D eigenvalue weighted by Gasteiger charge is -2.44. The van der Waals surface area contributed by atoms with Crippen LogP contribution in [-0.4, -0.2) is 56.9 Å². The molecule has 3 rings (SSSR count). The summed E-state index contributed by atoms with van der Waals surface area (Å²) in [6, 6.07) is 3.77. The number of aliphatic hydroxyl groups is 1. The first-order chi connectivity index (χ1) is 20.0. The molecule has 1 aromatic carbocycles. The fourth-order valence-corrected chi connectivity index (χ4v) is 13.9. The maximum Gasteiger partial charge on any atom is 0.203 e. The third-order valence-electron chi connectivity index (χ3n) is 8.72. The molecular weight excluding hydrogens is 571 g/mol. The number of aliphatic hydroxyl groups excluding tert-OH is 1. The Balaban J connectivity index is 2.37. The predicted octanol–water partition coefficient (Wildman–Crippen LogP) is 8.48. The third-order valence-corrected chi connectivity index (χ3v) is 16.4. The highest BCUT2D eigenvalue weighted by atomic mass is 28.3. The van der Waals surface area contributed by atoms with E-state index in [9.17, 15) is 5.11 Å². The molecule has 3 aromatic rings. The second-order valence-electron chi connectivity index (χ2n) is 14.3. The minimum atomic E-state index is -2.22. The minimum absolute atomic E-state index is 0.445. The minimum Gasteiger partial charge on any atom is -0.493 e. The van der Waals surface area contributed by atoms with Crippen molar-refractivity contribution in [3.63, 3.8) is 0 Å². The maximum absolute atomic E-state index is 12.1. The molecule has 0 saturated heterocycles. The van der Waals surface area contributed by atoms with E-state index in [4.69, 9.17) is 24.2 Å². The SMILES string of the molecule is COc1cc(-c2cnc3c(n2)c(C(O)C(C)(C)CC#C[Si](C)(C)C)cn3[Si](C(C)C)(C(C)C)C(C)C)cc(OC)c1OC.